The van der Waals surface area contributed by atoms with Crippen LogP contribution in [0.25, 0.3) is 0 Å². The highest BCUT2D eigenvalue weighted by molar-refractivity contribution is 5.83. The lowest BCUT2D eigenvalue weighted by atomic mass is 10.2. The van der Waals surface area contributed by atoms with Gasteiger partial charge in [-0.15, -0.1) is 0 Å². The van der Waals surface area contributed by atoms with Gasteiger partial charge in [0.1, 0.15) is 19.0 Å². The molecule has 11 heteroatoms. The lowest BCUT2D eigenvalue weighted by Gasteiger charge is -2.06. The van der Waals surface area contributed by atoms with Crippen LogP contribution in [0.1, 0.15) is 24.0 Å². The molecule has 2 aromatic carbocycles. The normalized spacial score (nSPS) is 10.9. The molecule has 2 rings (SSSR count). The fourth-order valence-corrected chi connectivity index (χ4v) is 2.29. The van der Waals surface area contributed by atoms with Crippen molar-refractivity contribution in [1.29, 1.82) is 0 Å². The molecule has 8 nitrogen and oxygen atoms in total. The van der Waals surface area contributed by atoms with Crippen LogP contribution in [0.15, 0.2) is 59.3 Å². The van der Waals surface area contributed by atoms with Gasteiger partial charge in [-0.25, -0.2) is 18.0 Å². The highest BCUT2D eigenvalue weighted by Gasteiger charge is 2.11. The van der Waals surface area contributed by atoms with Crippen LogP contribution < -0.4 is 4.74 Å². The molecule has 2 aromatic rings. The molecule has 0 saturated carbocycles. The van der Waals surface area contributed by atoms with Crippen LogP contribution >= 0.6 is 0 Å². The Kier molecular flexibility index (Phi) is 10.2. The summed E-state index contributed by atoms with van der Waals surface area (Å²) < 4.78 is 53.7. The maximum absolute atomic E-state index is 13.1. The average Bonchev–Trinajstić information content (AvgIpc) is 2.82. The lowest BCUT2D eigenvalue weighted by Crippen LogP contribution is -2.15. The number of rotatable bonds is 11. The number of esters is 3. The van der Waals surface area contributed by atoms with Crippen LogP contribution in [-0.4, -0.2) is 43.6 Å². The first-order valence-corrected chi connectivity index (χ1v) is 9.75. The van der Waals surface area contributed by atoms with Crippen molar-refractivity contribution in [2.45, 2.75) is 12.8 Å². The zero-order valence-corrected chi connectivity index (χ0v) is 17.7. The van der Waals surface area contributed by atoms with Crippen molar-refractivity contribution in [3.05, 3.63) is 77.6 Å². The van der Waals surface area contributed by atoms with Crippen molar-refractivity contribution in [2.75, 3.05) is 13.2 Å². The molecule has 0 heterocycles. The number of benzene rings is 2. The van der Waals surface area contributed by atoms with E-state index in [0.717, 1.165) is 24.4 Å². The second kappa shape index (κ2) is 13.3. The predicted octanol–water partition coefficient (Wildman–Crippen LogP) is 3.51. The Morgan fingerprint density at radius 3 is 2.00 bits per heavy atom. The minimum Gasteiger partial charge on any atom is -0.462 e. The first-order chi connectivity index (χ1) is 16.3. The topological polar surface area (TPSA) is 104 Å². The second-order valence-corrected chi connectivity index (χ2v) is 6.42. The minimum atomic E-state index is -1.56. The van der Waals surface area contributed by atoms with E-state index in [1.54, 1.807) is 12.1 Å². The van der Waals surface area contributed by atoms with Crippen molar-refractivity contribution in [3.8, 4) is 5.75 Å². The summed E-state index contributed by atoms with van der Waals surface area (Å²) in [5.74, 6) is -5.94. The molecule has 0 aliphatic carbocycles. The van der Waals surface area contributed by atoms with E-state index in [9.17, 15) is 27.6 Å². The number of carbonyl (C=O) groups is 3. The molecular weight excluding hydrogens is 457 g/mol. The Hall–Kier alpha value is -4.28. The Bertz CT molecular complexity index is 1080. The van der Waals surface area contributed by atoms with E-state index in [-0.39, 0.29) is 37.4 Å². The van der Waals surface area contributed by atoms with Gasteiger partial charge in [-0.05, 0) is 42.0 Å². The van der Waals surface area contributed by atoms with Crippen molar-refractivity contribution in [2.24, 2.45) is 10.2 Å². The van der Waals surface area contributed by atoms with E-state index in [2.05, 4.69) is 21.5 Å². The first kappa shape index (κ1) is 26.0. The molecule has 0 fully saturated rings. The fraction of sp³-hybridized carbons (Fsp3) is 0.174. The third-order valence-corrected chi connectivity index (χ3v) is 3.89. The van der Waals surface area contributed by atoms with Gasteiger partial charge in [-0.3, -0.25) is 9.59 Å². The van der Waals surface area contributed by atoms with E-state index in [1.807, 2.05) is 0 Å². The van der Waals surface area contributed by atoms with Crippen LogP contribution in [0.3, 0.4) is 0 Å². The maximum Gasteiger partial charge on any atom is 0.330 e. The number of halogens is 3. The molecule has 0 radical (unpaired) electrons. The van der Waals surface area contributed by atoms with E-state index in [1.165, 1.54) is 18.3 Å². The summed E-state index contributed by atoms with van der Waals surface area (Å²) in [7, 11) is 0. The van der Waals surface area contributed by atoms with Gasteiger partial charge in [-0.1, -0.05) is 6.58 Å². The predicted molar refractivity (Wildman–Crippen MR) is 115 cm³/mol. The summed E-state index contributed by atoms with van der Waals surface area (Å²) in [6.07, 6.45) is 2.94. The van der Waals surface area contributed by atoms with Crippen molar-refractivity contribution in [1.82, 2.24) is 0 Å². The average molecular weight is 476 g/mol. The Labute approximate surface area is 192 Å². The Morgan fingerprint density at radius 2 is 1.38 bits per heavy atom. The molecule has 0 aliphatic heterocycles. The zero-order valence-electron chi connectivity index (χ0n) is 17.7. The van der Waals surface area contributed by atoms with Crippen LogP contribution in [0.4, 0.5) is 13.2 Å². The molecule has 0 aromatic heterocycles. The standard InChI is InChI=1S/C23H19F3N2O6/c1-2-20(29)32-9-10-33-21(30)7-8-22(31)34-17-5-3-15(4-6-17)13-27-28-14-16-11-18(24)23(26)19(25)12-16/h2-6,11-14H,1,7-10H2/b27-13+,28-14+. The molecule has 0 saturated heterocycles. The molecule has 0 atom stereocenters. The fourth-order valence-electron chi connectivity index (χ4n) is 2.29. The number of carbonyl (C=O) groups excluding carboxylic acids is 3. The summed E-state index contributed by atoms with van der Waals surface area (Å²) >= 11 is 0. The van der Waals surface area contributed by atoms with Gasteiger partial charge in [0.2, 0.25) is 0 Å². The first-order valence-electron chi connectivity index (χ1n) is 9.75. The number of hydrogen-bond donors (Lipinski definition) is 0. The van der Waals surface area contributed by atoms with Gasteiger partial charge in [-0.2, -0.15) is 10.2 Å². The summed E-state index contributed by atoms with van der Waals surface area (Å²) in [6.45, 7) is 2.96. The van der Waals surface area contributed by atoms with E-state index in [4.69, 9.17) is 9.47 Å². The smallest absolute Gasteiger partial charge is 0.330 e. The van der Waals surface area contributed by atoms with Crippen molar-refractivity contribution >= 4 is 30.3 Å². The van der Waals surface area contributed by atoms with Crippen LogP contribution in [0, 0.1) is 17.5 Å². The summed E-state index contributed by atoms with van der Waals surface area (Å²) in [4.78, 5) is 34.2. The molecule has 0 amide bonds. The van der Waals surface area contributed by atoms with Crippen LogP contribution in [0.5, 0.6) is 5.75 Å². The summed E-state index contributed by atoms with van der Waals surface area (Å²) in [5, 5.41) is 7.35. The Morgan fingerprint density at radius 1 is 0.824 bits per heavy atom. The minimum absolute atomic E-state index is 0.00387. The van der Waals surface area contributed by atoms with Crippen LogP contribution in [-0.2, 0) is 23.9 Å². The van der Waals surface area contributed by atoms with Gasteiger partial charge in [0, 0.05) is 11.6 Å². The lowest BCUT2D eigenvalue weighted by molar-refractivity contribution is -0.151. The van der Waals surface area contributed by atoms with Gasteiger partial charge in [0.15, 0.2) is 17.5 Å². The molecule has 0 spiro atoms. The molecule has 178 valence electrons. The molecular formula is C23H19F3N2O6. The molecule has 0 aliphatic rings. The summed E-state index contributed by atoms with van der Waals surface area (Å²) in [6, 6.07) is 7.66. The molecule has 0 N–H and O–H groups in total. The van der Waals surface area contributed by atoms with E-state index < -0.39 is 35.4 Å². The summed E-state index contributed by atoms with van der Waals surface area (Å²) in [5.41, 5.74) is 0.574. The molecule has 0 bridgehead atoms. The van der Waals surface area contributed by atoms with E-state index in [0.29, 0.717) is 5.56 Å². The third-order valence-electron chi connectivity index (χ3n) is 3.89. The quantitative estimate of drug-likeness (QED) is 0.0935. The van der Waals surface area contributed by atoms with Crippen molar-refractivity contribution in [3.63, 3.8) is 0 Å². The molecule has 0 unspecified atom stereocenters. The Balaban J connectivity index is 1.74. The van der Waals surface area contributed by atoms with Crippen molar-refractivity contribution < 1.29 is 41.8 Å². The van der Waals surface area contributed by atoms with Gasteiger partial charge in [0.25, 0.3) is 0 Å². The third kappa shape index (κ3) is 9.07. The zero-order chi connectivity index (χ0) is 24.9. The highest BCUT2D eigenvalue weighted by atomic mass is 19.2. The SMILES string of the molecule is C=CC(=O)OCCOC(=O)CCC(=O)Oc1ccc(/C=N/N=C/c2cc(F)c(F)c(F)c2)cc1. The van der Waals surface area contributed by atoms with Gasteiger partial charge < -0.3 is 14.2 Å². The highest BCUT2D eigenvalue weighted by Crippen LogP contribution is 2.13. The van der Waals surface area contributed by atoms with Crippen LogP contribution in [0.2, 0.25) is 0 Å². The number of nitrogens with zero attached hydrogens (tertiary/aromatic N) is 2. The monoisotopic (exact) mass is 476 g/mol. The van der Waals surface area contributed by atoms with Gasteiger partial charge in [0.05, 0.1) is 25.3 Å². The number of ether oxygens (including phenoxy) is 3. The van der Waals surface area contributed by atoms with Gasteiger partial charge >= 0.3 is 17.9 Å². The van der Waals surface area contributed by atoms with E-state index >= 15 is 0 Å². The maximum atomic E-state index is 13.1. The second-order valence-electron chi connectivity index (χ2n) is 6.42. The number of hydrogen-bond acceptors (Lipinski definition) is 8. The largest absolute Gasteiger partial charge is 0.462 e. The molecule has 34 heavy (non-hydrogen) atoms.